The molecule has 3 nitrogen and oxygen atoms in total. The van der Waals surface area contributed by atoms with Crippen LogP contribution in [0.25, 0.3) is 0 Å². The van der Waals surface area contributed by atoms with Crippen molar-refractivity contribution in [2.45, 2.75) is 58.2 Å². The Morgan fingerprint density at radius 1 is 0.821 bits per heavy atom. The summed E-state index contributed by atoms with van der Waals surface area (Å²) in [5.74, 6) is 1.61. The van der Waals surface area contributed by atoms with Crippen molar-refractivity contribution in [1.82, 2.24) is 9.80 Å². The van der Waals surface area contributed by atoms with E-state index in [0.717, 1.165) is 87.4 Å². The van der Waals surface area contributed by atoms with Gasteiger partial charge in [0.05, 0.1) is 6.61 Å². The second-order valence-electron chi connectivity index (χ2n) is 10.7. The molecule has 3 aromatic carbocycles. The fraction of sp³-hybridized carbons (Fsp3) is 0.438. The van der Waals surface area contributed by atoms with Crippen LogP contribution in [0.2, 0.25) is 5.02 Å². The molecule has 2 aliphatic heterocycles. The quantitative estimate of drug-likeness (QED) is 0.232. The summed E-state index contributed by atoms with van der Waals surface area (Å²) < 4.78 is 19.5. The molecule has 1 fully saturated rings. The molecule has 5 rings (SSSR count). The van der Waals surface area contributed by atoms with Gasteiger partial charge in [-0.1, -0.05) is 41.9 Å². The Morgan fingerprint density at radius 2 is 1.59 bits per heavy atom. The first-order valence-corrected chi connectivity index (χ1v) is 14.2. The van der Waals surface area contributed by atoms with E-state index in [0.29, 0.717) is 0 Å². The van der Waals surface area contributed by atoms with Crippen molar-refractivity contribution in [3.8, 4) is 5.75 Å². The molecular formula is C32H40Cl3FN2O. The summed E-state index contributed by atoms with van der Waals surface area (Å²) in [7, 11) is 0. The Balaban J connectivity index is 0.00000210. The minimum Gasteiger partial charge on any atom is -0.494 e. The van der Waals surface area contributed by atoms with Crippen LogP contribution in [0.3, 0.4) is 0 Å². The topological polar surface area (TPSA) is 15.7 Å². The van der Waals surface area contributed by atoms with Crippen LogP contribution < -0.4 is 4.74 Å². The van der Waals surface area contributed by atoms with Crippen LogP contribution in [0.4, 0.5) is 4.39 Å². The molecule has 212 valence electrons. The molecule has 0 radical (unpaired) electrons. The van der Waals surface area contributed by atoms with E-state index >= 15 is 0 Å². The monoisotopic (exact) mass is 592 g/mol. The first kappa shape index (κ1) is 31.7. The molecule has 39 heavy (non-hydrogen) atoms. The van der Waals surface area contributed by atoms with E-state index in [1.54, 1.807) is 12.1 Å². The zero-order valence-electron chi connectivity index (χ0n) is 22.5. The van der Waals surface area contributed by atoms with Crippen molar-refractivity contribution >= 4 is 36.4 Å². The van der Waals surface area contributed by atoms with Gasteiger partial charge in [0.1, 0.15) is 11.6 Å². The Kier molecular flexibility index (Phi) is 12.9. The molecule has 0 aromatic heterocycles. The second kappa shape index (κ2) is 15.8. The van der Waals surface area contributed by atoms with E-state index < -0.39 is 0 Å². The highest BCUT2D eigenvalue weighted by molar-refractivity contribution is 6.30. The SMILES string of the molecule is Cl.Cl.Fc1ccc(CN2CCCc3ccc(OCCCC4CCN(Cc5cccc(Cl)c5)CC4)cc3C2)cc1. The van der Waals surface area contributed by atoms with Crippen molar-refractivity contribution < 1.29 is 9.13 Å². The van der Waals surface area contributed by atoms with Gasteiger partial charge in [-0.2, -0.15) is 0 Å². The maximum absolute atomic E-state index is 13.3. The number of hydrogen-bond donors (Lipinski definition) is 0. The normalized spacial score (nSPS) is 16.5. The maximum atomic E-state index is 13.3. The minimum absolute atomic E-state index is 0. The summed E-state index contributed by atoms with van der Waals surface area (Å²) in [5.41, 5.74) is 5.26. The number of ether oxygens (including phenoxy) is 1. The van der Waals surface area contributed by atoms with Crippen molar-refractivity contribution in [3.63, 3.8) is 0 Å². The molecule has 0 atom stereocenters. The molecule has 1 saturated heterocycles. The summed E-state index contributed by atoms with van der Waals surface area (Å²) in [6.07, 6.45) is 7.12. The largest absolute Gasteiger partial charge is 0.494 e. The smallest absolute Gasteiger partial charge is 0.123 e. The molecule has 2 heterocycles. The predicted molar refractivity (Wildman–Crippen MR) is 164 cm³/mol. The van der Waals surface area contributed by atoms with Gasteiger partial charge in [-0.15, -0.1) is 24.8 Å². The summed E-state index contributed by atoms with van der Waals surface area (Å²) in [6, 6.07) is 21.8. The number of fused-ring (bicyclic) bond motifs is 1. The molecule has 0 spiro atoms. The Labute approximate surface area is 250 Å². The molecule has 0 N–H and O–H groups in total. The van der Waals surface area contributed by atoms with E-state index in [-0.39, 0.29) is 30.6 Å². The van der Waals surface area contributed by atoms with Crippen molar-refractivity contribution in [2.24, 2.45) is 5.92 Å². The second-order valence-corrected chi connectivity index (χ2v) is 11.1. The van der Waals surface area contributed by atoms with Gasteiger partial charge in [0.25, 0.3) is 0 Å². The molecular weight excluding hydrogens is 554 g/mol. The van der Waals surface area contributed by atoms with Crippen LogP contribution in [0, 0.1) is 11.7 Å². The average Bonchev–Trinajstić information content (AvgIpc) is 3.10. The highest BCUT2D eigenvalue weighted by Gasteiger charge is 2.19. The van der Waals surface area contributed by atoms with E-state index in [9.17, 15) is 4.39 Å². The number of benzene rings is 3. The predicted octanol–water partition coefficient (Wildman–Crippen LogP) is 8.34. The molecule has 0 aliphatic carbocycles. The third kappa shape index (κ3) is 9.65. The lowest BCUT2D eigenvalue weighted by atomic mass is 9.92. The minimum atomic E-state index is -0.175. The van der Waals surface area contributed by atoms with Crippen LogP contribution in [-0.2, 0) is 26.1 Å². The highest BCUT2D eigenvalue weighted by Crippen LogP contribution is 2.26. The summed E-state index contributed by atoms with van der Waals surface area (Å²) in [4.78, 5) is 5.01. The zero-order valence-corrected chi connectivity index (χ0v) is 24.9. The standard InChI is InChI=1S/C32H38ClFN2O.2ClH/c33-30-7-1-4-27(20-30)23-35-17-14-25(15-18-35)5-3-19-37-32-13-10-28-6-2-16-36(24-29(28)21-32)22-26-8-11-31(34)12-9-26;;/h1,4,7-13,20-21,25H,2-3,5-6,14-19,22-24H2;2*1H. The summed E-state index contributed by atoms with van der Waals surface area (Å²) in [5, 5.41) is 0.823. The van der Waals surface area contributed by atoms with Gasteiger partial charge < -0.3 is 4.74 Å². The van der Waals surface area contributed by atoms with Crippen molar-refractivity contribution in [3.05, 3.63) is 99.8 Å². The number of piperidine rings is 1. The number of hydrogen-bond acceptors (Lipinski definition) is 3. The third-order valence-electron chi connectivity index (χ3n) is 7.84. The van der Waals surface area contributed by atoms with Crippen LogP contribution in [0.5, 0.6) is 5.75 Å². The van der Waals surface area contributed by atoms with Gasteiger partial charge >= 0.3 is 0 Å². The van der Waals surface area contributed by atoms with Gasteiger partial charge in [-0.05, 0) is 123 Å². The average molecular weight is 594 g/mol. The van der Waals surface area contributed by atoms with E-state index in [2.05, 4.69) is 40.1 Å². The molecule has 7 heteroatoms. The highest BCUT2D eigenvalue weighted by atomic mass is 35.5. The Morgan fingerprint density at radius 3 is 2.36 bits per heavy atom. The van der Waals surface area contributed by atoms with Crippen molar-refractivity contribution in [2.75, 3.05) is 26.2 Å². The fourth-order valence-electron chi connectivity index (χ4n) is 5.77. The first-order valence-electron chi connectivity index (χ1n) is 13.8. The molecule has 2 aliphatic rings. The molecule has 0 bridgehead atoms. The molecule has 3 aromatic rings. The van der Waals surface area contributed by atoms with Crippen LogP contribution in [0.1, 0.15) is 54.4 Å². The number of halogens is 4. The van der Waals surface area contributed by atoms with Gasteiger partial charge in [-0.3, -0.25) is 9.80 Å². The van der Waals surface area contributed by atoms with Gasteiger partial charge in [0.2, 0.25) is 0 Å². The third-order valence-corrected chi connectivity index (χ3v) is 8.07. The van der Waals surface area contributed by atoms with Crippen molar-refractivity contribution in [1.29, 1.82) is 0 Å². The van der Waals surface area contributed by atoms with E-state index in [1.807, 2.05) is 24.3 Å². The molecule has 0 unspecified atom stereocenters. The van der Waals surface area contributed by atoms with Crippen LogP contribution in [-0.4, -0.2) is 36.0 Å². The summed E-state index contributed by atoms with van der Waals surface area (Å²) >= 11 is 6.14. The van der Waals surface area contributed by atoms with Crippen LogP contribution in [0.15, 0.2) is 66.7 Å². The number of rotatable bonds is 9. The number of likely N-dealkylation sites (tertiary alicyclic amines) is 1. The molecule has 0 saturated carbocycles. The lowest BCUT2D eigenvalue weighted by molar-refractivity contribution is 0.166. The van der Waals surface area contributed by atoms with Gasteiger partial charge in [0.15, 0.2) is 0 Å². The molecule has 0 amide bonds. The number of nitrogens with zero attached hydrogens (tertiary/aromatic N) is 2. The van der Waals surface area contributed by atoms with E-state index in [1.165, 1.54) is 36.0 Å². The fourth-order valence-corrected chi connectivity index (χ4v) is 5.98. The maximum Gasteiger partial charge on any atom is 0.123 e. The Bertz CT molecular complexity index is 1150. The number of aryl methyl sites for hydroxylation is 1. The lowest BCUT2D eigenvalue weighted by Crippen LogP contribution is -2.33. The Hall–Kier alpha value is -1.82. The van der Waals surface area contributed by atoms with Gasteiger partial charge in [0, 0.05) is 24.7 Å². The summed E-state index contributed by atoms with van der Waals surface area (Å²) in [6.45, 7) is 6.92. The first-order chi connectivity index (χ1) is 18.1. The van der Waals surface area contributed by atoms with Crippen LogP contribution >= 0.6 is 36.4 Å². The van der Waals surface area contributed by atoms with Gasteiger partial charge in [-0.25, -0.2) is 4.39 Å². The van der Waals surface area contributed by atoms with E-state index in [4.69, 9.17) is 16.3 Å². The zero-order chi connectivity index (χ0) is 25.5. The lowest BCUT2D eigenvalue weighted by Gasteiger charge is -2.32.